The summed E-state index contributed by atoms with van der Waals surface area (Å²) >= 11 is 0. The zero-order valence-electron chi connectivity index (χ0n) is 13.4. The number of hydrogen-bond donors (Lipinski definition) is 0. The minimum atomic E-state index is -3.22. The molecule has 0 amide bonds. The van der Waals surface area contributed by atoms with Crippen LogP contribution in [0, 0.1) is 0 Å². The van der Waals surface area contributed by atoms with Gasteiger partial charge >= 0.3 is 0 Å². The first kappa shape index (κ1) is 15.4. The minimum absolute atomic E-state index is 0.140. The molecule has 1 saturated carbocycles. The number of methoxy groups -OCH3 is 1. The topological polar surface area (TPSA) is 62.7 Å². The molecule has 0 bridgehead atoms. The van der Waals surface area contributed by atoms with Crippen LogP contribution >= 0.6 is 0 Å². The maximum absolute atomic E-state index is 12.9. The first-order valence-corrected chi connectivity index (χ1v) is 9.82. The molecular formula is C16H23N3O3S. The molecule has 1 aromatic rings. The molecule has 3 heterocycles. The summed E-state index contributed by atoms with van der Waals surface area (Å²) in [6, 6.07) is 4.02. The largest absolute Gasteiger partial charge is 0.380 e. The molecule has 4 rings (SSSR count). The van der Waals surface area contributed by atoms with Gasteiger partial charge in [0.05, 0.1) is 11.4 Å². The number of aromatic nitrogens is 1. The second kappa shape index (κ2) is 5.72. The van der Waals surface area contributed by atoms with Gasteiger partial charge in [-0.15, -0.1) is 0 Å². The molecule has 2 fully saturated rings. The highest BCUT2D eigenvalue weighted by molar-refractivity contribution is 7.89. The van der Waals surface area contributed by atoms with Gasteiger partial charge in [-0.3, -0.25) is 0 Å². The van der Waals surface area contributed by atoms with Gasteiger partial charge in [-0.25, -0.2) is 13.4 Å². The molecule has 126 valence electrons. The predicted octanol–water partition coefficient (Wildman–Crippen LogP) is 1.37. The fourth-order valence-electron chi connectivity index (χ4n) is 3.85. The van der Waals surface area contributed by atoms with Gasteiger partial charge in [-0.1, -0.05) is 12.5 Å². The number of pyridine rings is 1. The Bertz CT molecular complexity index is 690. The zero-order chi connectivity index (χ0) is 16.0. The molecule has 1 aromatic heterocycles. The molecule has 2 atom stereocenters. The number of nitrogens with zero attached hydrogens (tertiary/aromatic N) is 3. The Morgan fingerprint density at radius 2 is 2.13 bits per heavy atom. The minimum Gasteiger partial charge on any atom is -0.380 e. The van der Waals surface area contributed by atoms with E-state index in [0.717, 1.165) is 43.6 Å². The van der Waals surface area contributed by atoms with E-state index >= 15 is 0 Å². The van der Waals surface area contributed by atoms with E-state index in [9.17, 15) is 8.42 Å². The standard InChI is InChI=1S/C16H23N3O3S/c1-22-14-8-13-10-18(23(20,21)15-5-2-6-15)9-12-4-3-7-17-16(12)19(13)11-14/h3-4,7,13-15H,2,5-6,8-11H2,1H3. The third kappa shape index (κ3) is 2.55. The van der Waals surface area contributed by atoms with E-state index in [2.05, 4.69) is 9.88 Å². The van der Waals surface area contributed by atoms with Gasteiger partial charge in [-0.05, 0) is 25.3 Å². The van der Waals surface area contributed by atoms with E-state index in [0.29, 0.717) is 13.1 Å². The van der Waals surface area contributed by atoms with E-state index in [1.54, 1.807) is 17.6 Å². The van der Waals surface area contributed by atoms with Crippen molar-refractivity contribution >= 4 is 15.8 Å². The van der Waals surface area contributed by atoms with Gasteiger partial charge in [0, 0.05) is 44.5 Å². The average molecular weight is 337 g/mol. The number of hydrogen-bond acceptors (Lipinski definition) is 5. The fraction of sp³-hybridized carbons (Fsp3) is 0.688. The van der Waals surface area contributed by atoms with E-state index < -0.39 is 10.0 Å². The van der Waals surface area contributed by atoms with Crippen molar-refractivity contribution in [3.63, 3.8) is 0 Å². The van der Waals surface area contributed by atoms with Crippen molar-refractivity contribution in [2.24, 2.45) is 0 Å². The molecule has 23 heavy (non-hydrogen) atoms. The molecule has 0 radical (unpaired) electrons. The van der Waals surface area contributed by atoms with E-state index in [-0.39, 0.29) is 17.4 Å². The Labute approximate surface area is 137 Å². The lowest BCUT2D eigenvalue weighted by Gasteiger charge is -2.32. The fourth-order valence-corrected chi connectivity index (χ4v) is 5.90. The molecule has 2 aliphatic heterocycles. The number of sulfonamides is 1. The molecule has 1 aliphatic carbocycles. The summed E-state index contributed by atoms with van der Waals surface area (Å²) in [5.74, 6) is 0.920. The van der Waals surface area contributed by atoms with Crippen molar-refractivity contribution in [2.75, 3.05) is 25.1 Å². The van der Waals surface area contributed by atoms with Crippen LogP contribution in [-0.4, -0.2) is 55.3 Å². The van der Waals surface area contributed by atoms with Crippen LogP contribution < -0.4 is 4.90 Å². The number of fused-ring (bicyclic) bond motifs is 3. The summed E-state index contributed by atoms with van der Waals surface area (Å²) in [5, 5.41) is -0.186. The average Bonchev–Trinajstić information content (AvgIpc) is 2.81. The summed E-state index contributed by atoms with van der Waals surface area (Å²) in [6.07, 6.45) is 5.40. The van der Waals surface area contributed by atoms with E-state index in [4.69, 9.17) is 4.74 Å². The molecule has 3 aliphatic rings. The van der Waals surface area contributed by atoms with Crippen molar-refractivity contribution in [2.45, 2.75) is 49.6 Å². The first-order valence-electron chi connectivity index (χ1n) is 8.32. The highest BCUT2D eigenvalue weighted by Gasteiger charge is 2.43. The SMILES string of the molecule is COC1CC2CN(S(=O)(=O)C3CCC3)Cc3cccnc3N2C1. The normalized spacial score (nSPS) is 28.8. The van der Waals surface area contributed by atoms with Gasteiger partial charge in [0.25, 0.3) is 0 Å². The van der Waals surface area contributed by atoms with Gasteiger partial charge in [0.15, 0.2) is 0 Å². The molecule has 0 aromatic carbocycles. The molecule has 7 heteroatoms. The third-order valence-electron chi connectivity index (χ3n) is 5.44. The summed E-state index contributed by atoms with van der Waals surface area (Å²) in [7, 11) is -1.49. The molecule has 0 spiro atoms. The summed E-state index contributed by atoms with van der Waals surface area (Å²) < 4.78 is 33.1. The highest BCUT2D eigenvalue weighted by Crippen LogP contribution is 2.36. The Morgan fingerprint density at radius 3 is 2.83 bits per heavy atom. The van der Waals surface area contributed by atoms with Crippen molar-refractivity contribution in [1.29, 1.82) is 0 Å². The maximum Gasteiger partial charge on any atom is 0.217 e. The van der Waals surface area contributed by atoms with Gasteiger partial charge in [0.2, 0.25) is 10.0 Å². The number of ether oxygens (including phenoxy) is 1. The molecule has 1 saturated heterocycles. The second-order valence-corrected chi connectivity index (χ2v) is 8.99. The quantitative estimate of drug-likeness (QED) is 0.834. The molecule has 2 unspecified atom stereocenters. The summed E-state index contributed by atoms with van der Waals surface area (Å²) in [4.78, 5) is 6.77. The molecular weight excluding hydrogens is 314 g/mol. The van der Waals surface area contributed by atoms with Crippen LogP contribution in [0.2, 0.25) is 0 Å². The van der Waals surface area contributed by atoms with E-state index in [1.807, 2.05) is 12.1 Å². The number of anilines is 1. The molecule has 6 nitrogen and oxygen atoms in total. The predicted molar refractivity (Wildman–Crippen MR) is 87.8 cm³/mol. The smallest absolute Gasteiger partial charge is 0.217 e. The number of rotatable bonds is 3. The van der Waals surface area contributed by atoms with Crippen LogP contribution in [0.1, 0.15) is 31.2 Å². The third-order valence-corrected chi connectivity index (χ3v) is 7.76. The van der Waals surface area contributed by atoms with Crippen molar-refractivity contribution in [1.82, 2.24) is 9.29 Å². The van der Waals surface area contributed by atoms with Gasteiger partial charge in [0.1, 0.15) is 5.82 Å². The summed E-state index contributed by atoms with van der Waals surface area (Å²) in [5.41, 5.74) is 0.995. The monoisotopic (exact) mass is 337 g/mol. The lowest BCUT2D eigenvalue weighted by atomic mass is 10.0. The van der Waals surface area contributed by atoms with Crippen LogP contribution in [-0.2, 0) is 21.3 Å². The lowest BCUT2D eigenvalue weighted by molar-refractivity contribution is 0.117. The summed E-state index contributed by atoms with van der Waals surface area (Å²) in [6.45, 7) is 1.75. The van der Waals surface area contributed by atoms with Crippen molar-refractivity contribution in [3.05, 3.63) is 23.9 Å². The van der Waals surface area contributed by atoms with E-state index in [1.165, 1.54) is 0 Å². The Morgan fingerprint density at radius 1 is 1.30 bits per heavy atom. The highest BCUT2D eigenvalue weighted by atomic mass is 32.2. The van der Waals surface area contributed by atoms with Gasteiger partial charge in [-0.2, -0.15) is 4.31 Å². The van der Waals surface area contributed by atoms with Gasteiger partial charge < -0.3 is 9.64 Å². The zero-order valence-corrected chi connectivity index (χ0v) is 14.2. The Hall–Kier alpha value is -1.18. The Kier molecular flexibility index (Phi) is 3.82. The second-order valence-electron chi connectivity index (χ2n) is 6.78. The van der Waals surface area contributed by atoms with Crippen LogP contribution in [0.25, 0.3) is 0 Å². The van der Waals surface area contributed by atoms with Crippen LogP contribution in [0.5, 0.6) is 0 Å². The van der Waals surface area contributed by atoms with Crippen LogP contribution in [0.15, 0.2) is 18.3 Å². The first-order chi connectivity index (χ1) is 11.1. The molecule has 0 N–H and O–H groups in total. The van der Waals surface area contributed by atoms with Crippen LogP contribution in [0.4, 0.5) is 5.82 Å². The van der Waals surface area contributed by atoms with Crippen molar-refractivity contribution < 1.29 is 13.2 Å². The lowest BCUT2D eigenvalue weighted by Crippen LogP contribution is -2.45. The Balaban J connectivity index is 1.70. The maximum atomic E-state index is 12.9. The van der Waals surface area contributed by atoms with Crippen LogP contribution in [0.3, 0.4) is 0 Å². The van der Waals surface area contributed by atoms with Crippen molar-refractivity contribution in [3.8, 4) is 0 Å².